The van der Waals surface area contributed by atoms with E-state index in [0.29, 0.717) is 24.6 Å². The Morgan fingerprint density at radius 2 is 1.97 bits per heavy atom. The third-order valence-electron chi connectivity index (χ3n) is 5.38. The number of aromatic nitrogens is 3. The van der Waals surface area contributed by atoms with Crippen LogP contribution in [0.2, 0.25) is 0 Å². The van der Waals surface area contributed by atoms with E-state index in [9.17, 15) is 9.59 Å². The molecule has 0 bridgehead atoms. The topological polar surface area (TPSA) is 60.1 Å². The fourth-order valence-electron chi connectivity index (χ4n) is 3.49. The molecule has 158 valence electrons. The van der Waals surface area contributed by atoms with E-state index in [1.165, 1.54) is 0 Å². The molecule has 0 atom stereocenters. The molecule has 0 aliphatic rings. The Bertz CT molecular complexity index is 1090. The summed E-state index contributed by atoms with van der Waals surface area (Å²) in [6, 6.07) is 9.73. The lowest BCUT2D eigenvalue weighted by Crippen LogP contribution is -2.36. The summed E-state index contributed by atoms with van der Waals surface area (Å²) >= 11 is 0. The summed E-state index contributed by atoms with van der Waals surface area (Å²) in [6.45, 7) is 11.7. The molecule has 3 aromatic rings. The van der Waals surface area contributed by atoms with Gasteiger partial charge in [0.25, 0.3) is 11.5 Å². The monoisotopic (exact) mass is 406 g/mol. The van der Waals surface area contributed by atoms with Gasteiger partial charge in [-0.25, -0.2) is 0 Å². The first kappa shape index (κ1) is 21.6. The SMILES string of the molecule is CCN(Cc1cnn(CC)c1)C(=O)c1c(C)ccn(-c2cccc(C(C)C)c2)c1=O. The highest BCUT2D eigenvalue weighted by molar-refractivity contribution is 5.95. The van der Waals surface area contributed by atoms with E-state index in [1.54, 1.807) is 21.9 Å². The van der Waals surface area contributed by atoms with Gasteiger partial charge in [0.1, 0.15) is 5.56 Å². The largest absolute Gasteiger partial charge is 0.334 e. The number of aryl methyl sites for hydroxylation is 2. The molecule has 0 N–H and O–H groups in total. The van der Waals surface area contributed by atoms with Crippen molar-refractivity contribution in [3.05, 3.63) is 81.5 Å². The molecule has 0 unspecified atom stereocenters. The number of hydrogen-bond acceptors (Lipinski definition) is 3. The summed E-state index contributed by atoms with van der Waals surface area (Å²) in [5.41, 5.74) is 3.49. The first-order valence-electron chi connectivity index (χ1n) is 10.5. The van der Waals surface area contributed by atoms with Gasteiger partial charge in [0.05, 0.1) is 6.20 Å². The minimum absolute atomic E-state index is 0.220. The van der Waals surface area contributed by atoms with Crippen LogP contribution < -0.4 is 5.56 Å². The standard InChI is InChI=1S/C24H30N4O2/c1-6-26(15-19-14-25-27(7-2)16-19)23(29)22-18(5)11-12-28(24(22)30)21-10-8-9-20(13-21)17(3)4/h8-14,16-17H,6-7,15H2,1-5H3. The third-order valence-corrected chi connectivity index (χ3v) is 5.38. The van der Waals surface area contributed by atoms with Gasteiger partial charge < -0.3 is 4.90 Å². The van der Waals surface area contributed by atoms with E-state index < -0.39 is 0 Å². The predicted octanol–water partition coefficient (Wildman–Crippen LogP) is 4.15. The van der Waals surface area contributed by atoms with Crippen molar-refractivity contribution >= 4 is 5.91 Å². The molecule has 30 heavy (non-hydrogen) atoms. The van der Waals surface area contributed by atoms with E-state index in [2.05, 4.69) is 25.0 Å². The molecule has 0 saturated heterocycles. The van der Waals surface area contributed by atoms with Crippen LogP contribution in [0, 0.1) is 6.92 Å². The Labute approximate surface area is 177 Å². The van der Waals surface area contributed by atoms with Crippen molar-refractivity contribution < 1.29 is 4.79 Å². The third kappa shape index (κ3) is 4.37. The van der Waals surface area contributed by atoms with Crippen LogP contribution >= 0.6 is 0 Å². The molecule has 0 fully saturated rings. The summed E-state index contributed by atoms with van der Waals surface area (Å²) in [6.07, 6.45) is 5.45. The summed E-state index contributed by atoms with van der Waals surface area (Å²) in [4.78, 5) is 28.4. The highest BCUT2D eigenvalue weighted by Crippen LogP contribution is 2.18. The molecule has 3 rings (SSSR count). The number of rotatable bonds is 7. The second-order valence-electron chi connectivity index (χ2n) is 7.82. The highest BCUT2D eigenvalue weighted by Gasteiger charge is 2.22. The fraction of sp³-hybridized carbons (Fsp3) is 0.375. The quantitative estimate of drug-likeness (QED) is 0.592. The van der Waals surface area contributed by atoms with E-state index in [-0.39, 0.29) is 17.0 Å². The molecule has 6 heteroatoms. The smallest absolute Gasteiger partial charge is 0.268 e. The highest BCUT2D eigenvalue weighted by atomic mass is 16.2. The number of nitrogens with zero attached hydrogens (tertiary/aromatic N) is 4. The van der Waals surface area contributed by atoms with Crippen molar-refractivity contribution in [2.24, 2.45) is 0 Å². The first-order chi connectivity index (χ1) is 14.3. The van der Waals surface area contributed by atoms with Gasteiger partial charge in [-0.05, 0) is 56.0 Å². The summed E-state index contributed by atoms with van der Waals surface area (Å²) in [5.74, 6) is 0.102. The second-order valence-corrected chi connectivity index (χ2v) is 7.82. The fourth-order valence-corrected chi connectivity index (χ4v) is 3.49. The van der Waals surface area contributed by atoms with Crippen LogP contribution in [-0.2, 0) is 13.1 Å². The van der Waals surface area contributed by atoms with Crippen LogP contribution in [0.5, 0.6) is 0 Å². The number of amides is 1. The van der Waals surface area contributed by atoms with Gasteiger partial charge in [-0.1, -0.05) is 26.0 Å². The lowest BCUT2D eigenvalue weighted by Gasteiger charge is -2.21. The van der Waals surface area contributed by atoms with Gasteiger partial charge in [0, 0.05) is 43.3 Å². The predicted molar refractivity (Wildman–Crippen MR) is 119 cm³/mol. The van der Waals surface area contributed by atoms with Gasteiger partial charge >= 0.3 is 0 Å². The molecule has 0 spiro atoms. The number of carbonyl (C=O) groups is 1. The zero-order chi connectivity index (χ0) is 21.8. The molecule has 1 amide bonds. The molecular formula is C24H30N4O2. The molecule has 0 aliphatic carbocycles. The Morgan fingerprint density at radius 3 is 2.60 bits per heavy atom. The second kappa shape index (κ2) is 9.11. The molecule has 0 radical (unpaired) electrons. The molecule has 0 aliphatic heterocycles. The first-order valence-corrected chi connectivity index (χ1v) is 10.5. The maximum Gasteiger partial charge on any atom is 0.268 e. The summed E-state index contributed by atoms with van der Waals surface area (Å²) in [5, 5.41) is 4.28. The zero-order valence-corrected chi connectivity index (χ0v) is 18.4. The molecule has 0 saturated carbocycles. The van der Waals surface area contributed by atoms with E-state index in [4.69, 9.17) is 0 Å². The minimum Gasteiger partial charge on any atom is -0.334 e. The Kier molecular flexibility index (Phi) is 6.55. The van der Waals surface area contributed by atoms with Crippen molar-refractivity contribution in [3.63, 3.8) is 0 Å². The van der Waals surface area contributed by atoms with Gasteiger partial charge in [0.2, 0.25) is 0 Å². The van der Waals surface area contributed by atoms with Gasteiger partial charge in [-0.2, -0.15) is 5.10 Å². The van der Waals surface area contributed by atoms with Crippen molar-refractivity contribution in [1.82, 2.24) is 19.2 Å². The number of benzene rings is 1. The molecule has 2 aromatic heterocycles. The average Bonchev–Trinajstić information content (AvgIpc) is 3.19. The van der Waals surface area contributed by atoms with Crippen LogP contribution in [0.4, 0.5) is 0 Å². The van der Waals surface area contributed by atoms with E-state index in [1.807, 2.05) is 55.9 Å². The van der Waals surface area contributed by atoms with Crippen LogP contribution in [0.3, 0.4) is 0 Å². The van der Waals surface area contributed by atoms with Gasteiger partial charge in [-0.15, -0.1) is 0 Å². The Hall–Kier alpha value is -3.15. The van der Waals surface area contributed by atoms with Gasteiger partial charge in [0.15, 0.2) is 0 Å². The van der Waals surface area contributed by atoms with E-state index in [0.717, 1.165) is 23.4 Å². The number of pyridine rings is 1. The van der Waals surface area contributed by atoms with Crippen molar-refractivity contribution in [2.75, 3.05) is 6.54 Å². The maximum absolute atomic E-state index is 13.3. The average molecular weight is 407 g/mol. The normalized spacial score (nSPS) is 11.1. The summed E-state index contributed by atoms with van der Waals surface area (Å²) in [7, 11) is 0. The van der Waals surface area contributed by atoms with Crippen LogP contribution in [-0.4, -0.2) is 31.7 Å². The van der Waals surface area contributed by atoms with Gasteiger partial charge in [-0.3, -0.25) is 18.8 Å². The molecule has 1 aromatic carbocycles. The Balaban J connectivity index is 1.98. The number of carbonyl (C=O) groups excluding carboxylic acids is 1. The molecule has 2 heterocycles. The van der Waals surface area contributed by atoms with Crippen molar-refractivity contribution in [1.29, 1.82) is 0 Å². The van der Waals surface area contributed by atoms with Crippen LogP contribution in [0.25, 0.3) is 5.69 Å². The lowest BCUT2D eigenvalue weighted by molar-refractivity contribution is 0.0749. The van der Waals surface area contributed by atoms with Crippen molar-refractivity contribution in [2.45, 2.75) is 53.6 Å². The maximum atomic E-state index is 13.3. The Morgan fingerprint density at radius 1 is 1.20 bits per heavy atom. The summed E-state index contributed by atoms with van der Waals surface area (Å²) < 4.78 is 3.39. The lowest BCUT2D eigenvalue weighted by atomic mass is 10.0. The molecular weight excluding hydrogens is 376 g/mol. The molecule has 6 nitrogen and oxygen atoms in total. The van der Waals surface area contributed by atoms with Crippen LogP contribution in [0.1, 0.15) is 60.7 Å². The number of hydrogen-bond donors (Lipinski definition) is 0. The van der Waals surface area contributed by atoms with Crippen molar-refractivity contribution in [3.8, 4) is 5.69 Å². The van der Waals surface area contributed by atoms with Crippen LogP contribution in [0.15, 0.2) is 53.7 Å². The van der Waals surface area contributed by atoms with E-state index >= 15 is 0 Å². The zero-order valence-electron chi connectivity index (χ0n) is 18.4. The minimum atomic E-state index is -0.288.